The second-order valence-electron chi connectivity index (χ2n) is 4.19. The van der Waals surface area contributed by atoms with Gasteiger partial charge >= 0.3 is 0 Å². The van der Waals surface area contributed by atoms with E-state index < -0.39 is 11.6 Å². The molecule has 0 aliphatic heterocycles. The molecule has 0 aromatic heterocycles. The topological polar surface area (TPSA) is 17.1 Å². The normalized spacial score (nSPS) is 10.6. The van der Waals surface area contributed by atoms with Gasteiger partial charge in [-0.25, -0.2) is 8.78 Å². The minimum atomic E-state index is -0.571. The van der Waals surface area contributed by atoms with Crippen molar-refractivity contribution >= 4 is 33.5 Å². The van der Waals surface area contributed by atoms with Gasteiger partial charge in [0.15, 0.2) is 5.78 Å². The van der Waals surface area contributed by atoms with Crippen molar-refractivity contribution in [2.24, 2.45) is 0 Å². The van der Waals surface area contributed by atoms with Crippen molar-refractivity contribution < 1.29 is 13.6 Å². The van der Waals surface area contributed by atoms with E-state index in [-0.39, 0.29) is 21.6 Å². The molecule has 1 nitrogen and oxygen atoms in total. The summed E-state index contributed by atoms with van der Waals surface area (Å²) in [4.78, 5) is 12.0. The van der Waals surface area contributed by atoms with E-state index >= 15 is 0 Å². The maximum atomic E-state index is 13.8. The van der Waals surface area contributed by atoms with Crippen LogP contribution in [0.15, 0.2) is 45.8 Å². The van der Waals surface area contributed by atoms with Crippen LogP contribution in [0.5, 0.6) is 0 Å². The molecule has 104 valence electrons. The van der Waals surface area contributed by atoms with Gasteiger partial charge in [-0.15, -0.1) is 11.8 Å². The molecule has 2 aromatic carbocycles. The van der Waals surface area contributed by atoms with Crippen LogP contribution in [-0.4, -0.2) is 5.78 Å². The van der Waals surface area contributed by atoms with Gasteiger partial charge in [0.1, 0.15) is 11.6 Å². The number of halogens is 3. The number of rotatable bonds is 4. The van der Waals surface area contributed by atoms with Crippen LogP contribution in [0.1, 0.15) is 22.8 Å². The van der Waals surface area contributed by atoms with Crippen LogP contribution in [-0.2, 0) is 5.75 Å². The second kappa shape index (κ2) is 6.50. The van der Waals surface area contributed by atoms with Gasteiger partial charge in [0.05, 0.1) is 4.47 Å². The fourth-order valence-electron chi connectivity index (χ4n) is 1.64. The molecule has 0 saturated heterocycles. The van der Waals surface area contributed by atoms with Gasteiger partial charge in [0, 0.05) is 21.8 Å². The summed E-state index contributed by atoms with van der Waals surface area (Å²) in [5, 5.41) is 0. The third-order valence-electron chi connectivity index (χ3n) is 2.78. The van der Waals surface area contributed by atoms with Crippen molar-refractivity contribution in [1.82, 2.24) is 0 Å². The molecule has 2 rings (SSSR count). The number of thioether (sulfide) groups is 1. The van der Waals surface area contributed by atoms with E-state index in [1.165, 1.54) is 30.8 Å². The Morgan fingerprint density at radius 2 is 1.80 bits per heavy atom. The summed E-state index contributed by atoms with van der Waals surface area (Å²) in [7, 11) is 0. The van der Waals surface area contributed by atoms with E-state index in [0.29, 0.717) is 5.56 Å². The molecule has 0 saturated carbocycles. The average Bonchev–Trinajstić information content (AvgIpc) is 2.43. The Morgan fingerprint density at radius 1 is 1.15 bits per heavy atom. The number of hydrogen-bond acceptors (Lipinski definition) is 2. The molecule has 5 heteroatoms. The summed E-state index contributed by atoms with van der Waals surface area (Å²) in [6.45, 7) is 1.49. The molecule has 0 aliphatic rings. The van der Waals surface area contributed by atoms with E-state index in [1.54, 1.807) is 24.3 Å². The lowest BCUT2D eigenvalue weighted by Crippen LogP contribution is -1.95. The molecule has 0 spiro atoms. The Bertz CT molecular complexity index is 641. The van der Waals surface area contributed by atoms with Crippen molar-refractivity contribution in [2.75, 3.05) is 0 Å². The monoisotopic (exact) mass is 356 g/mol. The first kappa shape index (κ1) is 15.2. The fourth-order valence-corrected chi connectivity index (χ4v) is 2.92. The minimum Gasteiger partial charge on any atom is -0.295 e. The van der Waals surface area contributed by atoms with Crippen molar-refractivity contribution in [3.63, 3.8) is 0 Å². The minimum absolute atomic E-state index is 0.00868. The molecule has 0 bridgehead atoms. The van der Waals surface area contributed by atoms with Crippen molar-refractivity contribution in [3.8, 4) is 0 Å². The Labute approximate surface area is 128 Å². The number of benzene rings is 2. The van der Waals surface area contributed by atoms with Gasteiger partial charge < -0.3 is 0 Å². The number of carbonyl (C=O) groups excluding carboxylic acids is 1. The fraction of sp³-hybridized carbons (Fsp3) is 0.133. The van der Waals surface area contributed by atoms with Crippen LogP contribution in [0.25, 0.3) is 0 Å². The van der Waals surface area contributed by atoms with E-state index in [0.717, 1.165) is 4.90 Å². The molecule has 0 heterocycles. The van der Waals surface area contributed by atoms with Crippen molar-refractivity contribution in [3.05, 3.63) is 63.6 Å². The maximum absolute atomic E-state index is 13.8. The number of carbonyl (C=O) groups is 1. The van der Waals surface area contributed by atoms with E-state index in [1.807, 2.05) is 0 Å². The highest BCUT2D eigenvalue weighted by Crippen LogP contribution is 2.29. The first-order valence-corrected chi connectivity index (χ1v) is 7.63. The highest BCUT2D eigenvalue weighted by atomic mass is 79.9. The van der Waals surface area contributed by atoms with Crippen LogP contribution in [0.2, 0.25) is 0 Å². The maximum Gasteiger partial charge on any atom is 0.159 e. The van der Waals surface area contributed by atoms with Crippen LogP contribution in [0.4, 0.5) is 8.78 Å². The SMILES string of the molecule is CC(=O)c1ccc(SCc2c(F)ccc(Br)c2F)cc1. The molecular weight excluding hydrogens is 346 g/mol. The van der Waals surface area contributed by atoms with Gasteiger partial charge in [0.2, 0.25) is 0 Å². The molecule has 0 amide bonds. The number of hydrogen-bond donors (Lipinski definition) is 0. The number of ketones is 1. The van der Waals surface area contributed by atoms with Crippen LogP contribution < -0.4 is 0 Å². The first-order valence-electron chi connectivity index (χ1n) is 5.85. The zero-order valence-corrected chi connectivity index (χ0v) is 13.0. The van der Waals surface area contributed by atoms with Gasteiger partial charge in [-0.3, -0.25) is 4.79 Å². The smallest absolute Gasteiger partial charge is 0.159 e. The summed E-state index contributed by atoms with van der Waals surface area (Å²) < 4.78 is 27.6. The molecule has 0 radical (unpaired) electrons. The zero-order chi connectivity index (χ0) is 14.7. The molecule has 0 fully saturated rings. The molecule has 2 aromatic rings. The first-order chi connectivity index (χ1) is 9.49. The quantitative estimate of drug-likeness (QED) is 0.424. The Kier molecular flexibility index (Phi) is 4.94. The highest BCUT2D eigenvalue weighted by Gasteiger charge is 2.12. The van der Waals surface area contributed by atoms with Gasteiger partial charge in [-0.1, -0.05) is 12.1 Å². The molecule has 0 unspecified atom stereocenters. The third kappa shape index (κ3) is 3.46. The molecule has 0 aliphatic carbocycles. The molecule has 0 N–H and O–H groups in total. The summed E-state index contributed by atoms with van der Waals surface area (Å²) >= 11 is 4.36. The lowest BCUT2D eigenvalue weighted by atomic mass is 10.2. The second-order valence-corrected chi connectivity index (χ2v) is 6.09. The summed E-state index contributed by atoms with van der Waals surface area (Å²) in [5.41, 5.74) is 0.661. The highest BCUT2D eigenvalue weighted by molar-refractivity contribution is 9.10. The average molecular weight is 357 g/mol. The van der Waals surface area contributed by atoms with E-state index in [9.17, 15) is 13.6 Å². The summed E-state index contributed by atoms with van der Waals surface area (Å²) in [6, 6.07) is 9.55. The largest absolute Gasteiger partial charge is 0.295 e. The Morgan fingerprint density at radius 3 is 2.40 bits per heavy atom. The van der Waals surface area contributed by atoms with Crippen LogP contribution in [0.3, 0.4) is 0 Å². The predicted molar refractivity (Wildman–Crippen MR) is 80.1 cm³/mol. The van der Waals surface area contributed by atoms with Crippen LogP contribution in [0, 0.1) is 11.6 Å². The van der Waals surface area contributed by atoms with Crippen molar-refractivity contribution in [1.29, 1.82) is 0 Å². The lowest BCUT2D eigenvalue weighted by molar-refractivity contribution is 0.101. The summed E-state index contributed by atoms with van der Waals surface area (Å²) in [5.74, 6) is -0.946. The molecule has 20 heavy (non-hydrogen) atoms. The third-order valence-corrected chi connectivity index (χ3v) is 4.43. The van der Waals surface area contributed by atoms with E-state index in [2.05, 4.69) is 15.9 Å². The lowest BCUT2D eigenvalue weighted by Gasteiger charge is -2.07. The molecule has 0 atom stereocenters. The van der Waals surface area contributed by atoms with Gasteiger partial charge in [-0.2, -0.15) is 0 Å². The summed E-state index contributed by atoms with van der Waals surface area (Å²) in [6.07, 6.45) is 0. The Hall–Kier alpha value is -1.20. The molecular formula is C15H11BrF2OS. The van der Waals surface area contributed by atoms with Gasteiger partial charge in [-0.05, 0) is 47.1 Å². The standard InChI is InChI=1S/C15H11BrF2OS/c1-9(19)10-2-4-11(5-3-10)20-8-12-14(17)7-6-13(16)15(12)18/h2-7H,8H2,1H3. The van der Waals surface area contributed by atoms with Gasteiger partial charge in [0.25, 0.3) is 0 Å². The predicted octanol–water partition coefficient (Wildman–Crippen LogP) is 5.22. The Balaban J connectivity index is 2.13. The van der Waals surface area contributed by atoms with E-state index in [4.69, 9.17) is 0 Å². The zero-order valence-electron chi connectivity index (χ0n) is 10.6. The van der Waals surface area contributed by atoms with Crippen molar-refractivity contribution in [2.45, 2.75) is 17.6 Å². The van der Waals surface area contributed by atoms with Crippen LogP contribution >= 0.6 is 27.7 Å². The number of Topliss-reactive ketones (excluding diaryl/α,β-unsaturated/α-hetero) is 1.